The molecule has 1 aliphatic carbocycles. The molecule has 0 spiro atoms. The number of hydrogen-bond acceptors (Lipinski definition) is 4. The molecule has 0 unspecified atom stereocenters. The van der Waals surface area contributed by atoms with Crippen LogP contribution in [0.4, 0.5) is 5.69 Å². The number of anilines is 1. The molecule has 0 atom stereocenters. The second-order valence-electron chi connectivity index (χ2n) is 7.84. The molecule has 2 heterocycles. The summed E-state index contributed by atoms with van der Waals surface area (Å²) in [6, 6.07) is 14.7. The van der Waals surface area contributed by atoms with Crippen LogP contribution in [0, 0.1) is 6.92 Å². The number of benzene rings is 2. The van der Waals surface area contributed by atoms with Gasteiger partial charge in [0, 0.05) is 22.0 Å². The minimum absolute atomic E-state index is 0.177. The Balaban J connectivity index is 1.57. The van der Waals surface area contributed by atoms with Crippen molar-refractivity contribution in [2.45, 2.75) is 32.2 Å². The predicted molar refractivity (Wildman–Crippen MR) is 120 cm³/mol. The molecule has 1 aliphatic rings. The topological polar surface area (TPSA) is 81.8 Å². The van der Waals surface area contributed by atoms with Gasteiger partial charge in [0.2, 0.25) is 5.91 Å². The normalized spacial score (nSPS) is 13.5. The number of hydrogen-bond donors (Lipinski definition) is 1. The van der Waals surface area contributed by atoms with Gasteiger partial charge >= 0.3 is 0 Å². The molecule has 0 aliphatic heterocycles. The molecule has 156 valence electrons. The Morgan fingerprint density at radius 1 is 1.19 bits per heavy atom. The van der Waals surface area contributed by atoms with E-state index in [0.29, 0.717) is 21.9 Å². The summed E-state index contributed by atoms with van der Waals surface area (Å²) in [5.74, 6) is -0.0266. The summed E-state index contributed by atoms with van der Waals surface area (Å²) in [6.07, 6.45) is 3.70. The molecule has 1 amide bonds. The summed E-state index contributed by atoms with van der Waals surface area (Å²) < 4.78 is 2.82. The highest BCUT2D eigenvalue weighted by Gasteiger charge is 2.30. The smallest absolute Gasteiger partial charge is 0.293 e. The van der Waals surface area contributed by atoms with E-state index in [2.05, 4.69) is 15.5 Å². The maximum Gasteiger partial charge on any atom is 0.293 e. The summed E-state index contributed by atoms with van der Waals surface area (Å²) in [6.45, 7) is 1.78. The van der Waals surface area contributed by atoms with Gasteiger partial charge in [0.05, 0.1) is 17.6 Å². The van der Waals surface area contributed by atoms with Gasteiger partial charge < -0.3 is 5.32 Å². The molecule has 31 heavy (non-hydrogen) atoms. The summed E-state index contributed by atoms with van der Waals surface area (Å²) in [5.41, 5.74) is 3.26. The van der Waals surface area contributed by atoms with Crippen molar-refractivity contribution in [1.29, 1.82) is 0 Å². The zero-order chi connectivity index (χ0) is 21.5. The van der Waals surface area contributed by atoms with E-state index in [1.54, 1.807) is 23.0 Å². The van der Waals surface area contributed by atoms with Crippen LogP contribution >= 0.6 is 11.6 Å². The lowest BCUT2D eigenvalue weighted by Crippen LogP contribution is -2.31. The van der Waals surface area contributed by atoms with E-state index in [1.165, 1.54) is 4.68 Å². The van der Waals surface area contributed by atoms with Gasteiger partial charge in [-0.3, -0.25) is 9.59 Å². The lowest BCUT2D eigenvalue weighted by atomic mass is 10.2. The Kier molecular flexibility index (Phi) is 4.82. The number of nitrogens with zero attached hydrogens (tertiary/aromatic N) is 4. The van der Waals surface area contributed by atoms with Gasteiger partial charge in [0.1, 0.15) is 12.1 Å². The first kappa shape index (κ1) is 19.5. The first-order valence-electron chi connectivity index (χ1n) is 10.1. The lowest BCUT2D eigenvalue weighted by molar-refractivity contribution is -0.117. The lowest BCUT2D eigenvalue weighted by Gasteiger charge is -2.11. The highest BCUT2D eigenvalue weighted by molar-refractivity contribution is 6.30. The van der Waals surface area contributed by atoms with Gasteiger partial charge in [-0.25, -0.2) is 9.36 Å². The largest absolute Gasteiger partial charge is 0.324 e. The Hall–Kier alpha value is -3.45. The highest BCUT2D eigenvalue weighted by atomic mass is 35.5. The Labute approximate surface area is 183 Å². The van der Waals surface area contributed by atoms with Crippen LogP contribution < -0.4 is 10.9 Å². The van der Waals surface area contributed by atoms with Crippen LogP contribution in [-0.4, -0.2) is 25.5 Å². The zero-order valence-corrected chi connectivity index (χ0v) is 17.6. The summed E-state index contributed by atoms with van der Waals surface area (Å²) in [4.78, 5) is 26.0. The fraction of sp³-hybridized carbons (Fsp3) is 0.217. The molecule has 1 saturated carbocycles. The van der Waals surface area contributed by atoms with E-state index in [1.807, 2.05) is 43.3 Å². The van der Waals surface area contributed by atoms with Gasteiger partial charge in [-0.15, -0.1) is 0 Å². The monoisotopic (exact) mass is 433 g/mol. The van der Waals surface area contributed by atoms with Crippen molar-refractivity contribution in [2.75, 3.05) is 5.32 Å². The molecular weight excluding hydrogens is 414 g/mol. The first-order chi connectivity index (χ1) is 15.0. The third kappa shape index (κ3) is 3.84. The number of amides is 1. The Bertz CT molecular complexity index is 1370. The van der Waals surface area contributed by atoms with Crippen LogP contribution in [0.3, 0.4) is 0 Å². The number of fused-ring (bicyclic) bond motifs is 1. The second-order valence-corrected chi connectivity index (χ2v) is 8.27. The minimum atomic E-state index is -0.365. The molecule has 8 heteroatoms. The molecule has 2 aromatic carbocycles. The molecule has 7 nitrogen and oxygen atoms in total. The van der Waals surface area contributed by atoms with Gasteiger partial charge in [-0.1, -0.05) is 29.8 Å². The van der Waals surface area contributed by atoms with Crippen molar-refractivity contribution in [2.24, 2.45) is 0 Å². The van der Waals surface area contributed by atoms with E-state index >= 15 is 0 Å². The van der Waals surface area contributed by atoms with E-state index in [-0.39, 0.29) is 23.9 Å². The molecule has 5 rings (SSSR count). The Morgan fingerprint density at radius 3 is 2.74 bits per heavy atom. The minimum Gasteiger partial charge on any atom is -0.324 e. The van der Waals surface area contributed by atoms with Gasteiger partial charge in [-0.2, -0.15) is 10.2 Å². The molecule has 1 N–H and O–H groups in total. The van der Waals surface area contributed by atoms with Gasteiger partial charge in [0.25, 0.3) is 5.56 Å². The van der Waals surface area contributed by atoms with Crippen LogP contribution in [-0.2, 0) is 11.3 Å². The van der Waals surface area contributed by atoms with Crippen molar-refractivity contribution in [3.05, 3.63) is 81.4 Å². The number of rotatable bonds is 5. The van der Waals surface area contributed by atoms with Crippen LogP contribution in [0.2, 0.25) is 5.02 Å². The van der Waals surface area contributed by atoms with Crippen molar-refractivity contribution < 1.29 is 4.79 Å². The highest BCUT2D eigenvalue weighted by Crippen LogP contribution is 2.41. The first-order valence-corrected chi connectivity index (χ1v) is 10.5. The van der Waals surface area contributed by atoms with Crippen LogP contribution in [0.1, 0.15) is 30.0 Å². The van der Waals surface area contributed by atoms with Gasteiger partial charge in [-0.05, 0) is 55.7 Å². The van der Waals surface area contributed by atoms with E-state index in [9.17, 15) is 9.59 Å². The summed E-state index contributed by atoms with van der Waals surface area (Å²) in [7, 11) is 0. The van der Waals surface area contributed by atoms with E-state index in [0.717, 1.165) is 29.5 Å². The third-order valence-electron chi connectivity index (χ3n) is 5.32. The molecule has 0 bridgehead atoms. The number of nitrogens with one attached hydrogen (secondary N) is 1. The quantitative estimate of drug-likeness (QED) is 0.514. The van der Waals surface area contributed by atoms with E-state index in [4.69, 9.17) is 11.6 Å². The molecule has 4 aromatic rings. The fourth-order valence-corrected chi connectivity index (χ4v) is 3.91. The molecular formula is C23H20ClN5O2. The number of aromatic nitrogens is 4. The SMILES string of the molecule is Cc1cccc(NC(=O)Cn2nc(C3CC3)c3cnn(-c4cccc(Cl)c4)c3c2=O)c1. The van der Waals surface area contributed by atoms with Crippen molar-refractivity contribution in [3.63, 3.8) is 0 Å². The van der Waals surface area contributed by atoms with Crippen molar-refractivity contribution in [1.82, 2.24) is 19.6 Å². The number of carbonyl (C=O) groups excluding carboxylic acids is 1. The molecule has 0 radical (unpaired) electrons. The summed E-state index contributed by atoms with van der Waals surface area (Å²) in [5, 5.41) is 13.1. The average molecular weight is 434 g/mol. The predicted octanol–water partition coefficient (Wildman–Crippen LogP) is 4.06. The maximum absolute atomic E-state index is 13.3. The summed E-state index contributed by atoms with van der Waals surface area (Å²) >= 11 is 6.14. The van der Waals surface area contributed by atoms with Crippen molar-refractivity contribution >= 4 is 34.1 Å². The standard InChI is InChI=1S/C23H20ClN5O2/c1-14-4-2-6-17(10-14)26-20(30)13-28-23(31)22-19(21(27-28)15-8-9-15)12-25-29(22)18-7-3-5-16(24)11-18/h2-7,10-12,15H,8-9,13H2,1H3,(H,26,30). The molecule has 0 saturated heterocycles. The van der Waals surface area contributed by atoms with Crippen LogP contribution in [0.25, 0.3) is 16.6 Å². The maximum atomic E-state index is 13.3. The number of carbonyl (C=O) groups is 1. The van der Waals surface area contributed by atoms with E-state index < -0.39 is 0 Å². The molecule has 2 aromatic heterocycles. The molecule has 1 fully saturated rings. The average Bonchev–Trinajstić information content (AvgIpc) is 3.47. The number of halogens is 1. The Morgan fingerprint density at radius 2 is 2.00 bits per heavy atom. The van der Waals surface area contributed by atoms with Crippen LogP contribution in [0.5, 0.6) is 0 Å². The third-order valence-corrected chi connectivity index (χ3v) is 5.56. The zero-order valence-electron chi connectivity index (χ0n) is 16.9. The van der Waals surface area contributed by atoms with Gasteiger partial charge in [0.15, 0.2) is 0 Å². The fourth-order valence-electron chi connectivity index (χ4n) is 3.72. The number of aryl methyl sites for hydroxylation is 1. The second kappa shape index (κ2) is 7.67. The van der Waals surface area contributed by atoms with Crippen LogP contribution in [0.15, 0.2) is 59.5 Å². The van der Waals surface area contributed by atoms with Crippen molar-refractivity contribution in [3.8, 4) is 5.69 Å².